The van der Waals surface area contributed by atoms with E-state index in [0.29, 0.717) is 26.1 Å². The molecule has 5 heterocycles. The average Bonchev–Trinajstić information content (AvgIpc) is 3.47. The van der Waals surface area contributed by atoms with E-state index in [0.717, 1.165) is 25.7 Å². The average molecular weight is 583 g/mol. The first-order valence-corrected chi connectivity index (χ1v) is 14.2. The molecule has 5 atom stereocenters. The number of nitrogens with two attached hydrogens (primary N) is 1. The number of aliphatic hydroxyl groups excluding tert-OH is 2. The summed E-state index contributed by atoms with van der Waals surface area (Å²) in [4.78, 5) is 52.8. The van der Waals surface area contributed by atoms with Crippen molar-refractivity contribution in [3.05, 3.63) is 12.2 Å². The molecule has 2 aromatic rings. The molecule has 4 fully saturated rings. The number of amides is 3. The van der Waals surface area contributed by atoms with E-state index in [2.05, 4.69) is 32.1 Å². The van der Waals surface area contributed by atoms with Crippen LogP contribution in [0.1, 0.15) is 50.6 Å². The van der Waals surface area contributed by atoms with Crippen molar-refractivity contribution in [1.82, 2.24) is 34.6 Å². The summed E-state index contributed by atoms with van der Waals surface area (Å²) in [6, 6.07) is 0.0773. The van der Waals surface area contributed by atoms with Crippen LogP contribution in [0.15, 0.2) is 6.33 Å². The third-order valence-corrected chi connectivity index (χ3v) is 8.18. The van der Waals surface area contributed by atoms with E-state index >= 15 is 0 Å². The normalized spacial score (nSPS) is 28.2. The first-order valence-electron chi connectivity index (χ1n) is 14.2. The summed E-state index contributed by atoms with van der Waals surface area (Å²) < 4.78 is 12.7. The Morgan fingerprint density at radius 2 is 1.95 bits per heavy atom. The van der Waals surface area contributed by atoms with Crippen LogP contribution in [0.25, 0.3) is 11.2 Å². The quantitative estimate of drug-likeness (QED) is 0.320. The largest absolute Gasteiger partial charge is 0.444 e. The molecule has 0 aromatic carbocycles. The molecule has 5 unspecified atom stereocenters. The number of hydrogen-bond acceptors (Lipinski definition) is 11. The summed E-state index contributed by atoms with van der Waals surface area (Å²) >= 11 is 0. The minimum atomic E-state index is -1.42. The second kappa shape index (κ2) is 11.3. The number of rotatable bonds is 5. The first kappa shape index (κ1) is 28.1. The fourth-order valence-electron chi connectivity index (χ4n) is 5.51. The maximum atomic E-state index is 12.5. The smallest absolute Gasteiger partial charge is 0.410 e. The van der Waals surface area contributed by atoms with Gasteiger partial charge in [-0.2, -0.15) is 0 Å². The molecule has 0 spiro atoms. The van der Waals surface area contributed by atoms with Crippen molar-refractivity contribution in [2.75, 3.05) is 32.4 Å². The highest BCUT2D eigenvalue weighted by Crippen LogP contribution is 2.33. The molecule has 3 aliphatic heterocycles. The first-order chi connectivity index (χ1) is 20.2. The Kier molecular flexibility index (Phi) is 7.60. The van der Waals surface area contributed by atoms with Crippen LogP contribution in [0.4, 0.5) is 10.6 Å². The van der Waals surface area contributed by atoms with Crippen LogP contribution < -0.4 is 11.1 Å². The van der Waals surface area contributed by atoms with E-state index in [1.807, 2.05) is 0 Å². The molecule has 1 aliphatic carbocycles. The van der Waals surface area contributed by atoms with Crippen molar-refractivity contribution < 1.29 is 34.1 Å². The molecule has 3 amide bonds. The predicted molar refractivity (Wildman–Crippen MR) is 145 cm³/mol. The number of aliphatic hydroxyl groups is 2. The fraction of sp³-hybridized carbons (Fsp3) is 0.630. The Bertz CT molecular complexity index is 1440. The Balaban J connectivity index is 1.07. The van der Waals surface area contributed by atoms with Crippen LogP contribution in [-0.4, -0.2) is 115 Å². The van der Waals surface area contributed by atoms with Gasteiger partial charge in [0.25, 0.3) is 5.91 Å². The van der Waals surface area contributed by atoms with Crippen LogP contribution in [0, 0.1) is 17.8 Å². The third-order valence-electron chi connectivity index (χ3n) is 8.18. The second-order valence-electron chi connectivity index (χ2n) is 11.4. The monoisotopic (exact) mass is 582 g/mol. The van der Waals surface area contributed by atoms with Crippen LogP contribution in [-0.2, 0) is 19.1 Å². The number of piperidine rings is 1. The van der Waals surface area contributed by atoms with Gasteiger partial charge in [0.2, 0.25) is 11.7 Å². The van der Waals surface area contributed by atoms with Crippen LogP contribution >= 0.6 is 0 Å². The summed E-state index contributed by atoms with van der Waals surface area (Å²) in [7, 11) is 1.70. The zero-order valence-electron chi connectivity index (χ0n) is 23.2. The predicted octanol–water partition coefficient (Wildman–Crippen LogP) is -0.873. The fourth-order valence-corrected chi connectivity index (χ4v) is 5.51. The summed E-state index contributed by atoms with van der Waals surface area (Å²) in [5.41, 5.74) is 6.66. The highest BCUT2D eigenvalue weighted by molar-refractivity contribution is 5.83. The van der Waals surface area contributed by atoms with Crippen LogP contribution in [0.3, 0.4) is 0 Å². The molecule has 0 radical (unpaired) electrons. The molecule has 0 bridgehead atoms. The molecule has 4 aliphatic rings. The minimum absolute atomic E-state index is 0.0236. The van der Waals surface area contributed by atoms with E-state index in [1.165, 1.54) is 10.9 Å². The van der Waals surface area contributed by atoms with Crippen molar-refractivity contribution in [1.29, 1.82) is 0 Å². The van der Waals surface area contributed by atoms with Gasteiger partial charge in [0.05, 0.1) is 19.3 Å². The number of carbonyl (C=O) groups excluding carboxylic acids is 3. The number of carbonyl (C=O) groups is 3. The number of nitrogens with one attached hydrogen (secondary N) is 1. The Morgan fingerprint density at radius 3 is 2.64 bits per heavy atom. The highest BCUT2D eigenvalue weighted by Gasteiger charge is 2.48. The minimum Gasteiger partial charge on any atom is -0.444 e. The summed E-state index contributed by atoms with van der Waals surface area (Å²) in [6.45, 7) is 1.51. The van der Waals surface area contributed by atoms with E-state index in [4.69, 9.17) is 15.2 Å². The number of anilines is 1. The highest BCUT2D eigenvalue weighted by atomic mass is 16.6. The van der Waals surface area contributed by atoms with Crippen molar-refractivity contribution in [3.63, 3.8) is 0 Å². The van der Waals surface area contributed by atoms with Crippen molar-refractivity contribution in [2.24, 2.45) is 5.92 Å². The molecule has 15 nitrogen and oxygen atoms in total. The number of likely N-dealkylation sites (tertiary alicyclic amines) is 2. The van der Waals surface area contributed by atoms with Gasteiger partial charge in [-0.15, -0.1) is 0 Å². The lowest BCUT2D eigenvalue weighted by molar-refractivity contribution is -0.137. The van der Waals surface area contributed by atoms with Crippen molar-refractivity contribution in [2.45, 2.75) is 75.2 Å². The molecule has 2 aromatic heterocycles. The van der Waals surface area contributed by atoms with E-state index in [9.17, 15) is 24.6 Å². The topological polar surface area (TPSA) is 198 Å². The Labute approximate surface area is 241 Å². The van der Waals surface area contributed by atoms with Crippen LogP contribution in [0.2, 0.25) is 0 Å². The molecule has 6 rings (SSSR count). The lowest BCUT2D eigenvalue weighted by Crippen LogP contribution is -2.43. The maximum Gasteiger partial charge on any atom is 0.410 e. The van der Waals surface area contributed by atoms with E-state index in [-0.39, 0.29) is 53.2 Å². The molecular weight excluding hydrogens is 548 g/mol. The number of aromatic nitrogens is 4. The lowest BCUT2D eigenvalue weighted by Gasteiger charge is -2.31. The zero-order valence-corrected chi connectivity index (χ0v) is 23.2. The summed E-state index contributed by atoms with van der Waals surface area (Å²) in [5, 5.41) is 23.9. The number of nitrogen functional groups attached to an aromatic ring is 1. The molecule has 3 saturated heterocycles. The summed E-state index contributed by atoms with van der Waals surface area (Å²) in [5.74, 6) is 6.09. The Morgan fingerprint density at radius 1 is 1.19 bits per heavy atom. The standard InChI is InChI=1S/C27H34N8O7/c1-33-12-16(11-18(33)36)41-27(40)34-9-7-14(8-10-34)3-2-4-17-31-23(28)19-24(32-17)35(13-29-19)26-21(38)20(37)22(42-26)25(39)30-15-5-6-15/h13-16,20-22,26,37-38H,3,5-12H2,1H3,(H,30,39)(H2,28,31,32). The van der Waals surface area contributed by atoms with Crippen molar-refractivity contribution >= 4 is 34.9 Å². The van der Waals surface area contributed by atoms with Gasteiger partial charge in [-0.1, -0.05) is 5.92 Å². The zero-order chi connectivity index (χ0) is 29.5. The number of imidazole rings is 1. The number of nitrogens with zero attached hydrogens (tertiary/aromatic N) is 6. The van der Waals surface area contributed by atoms with Gasteiger partial charge in [0.15, 0.2) is 23.8 Å². The molecule has 224 valence electrons. The lowest BCUT2D eigenvalue weighted by atomic mass is 9.94. The Hall–Kier alpha value is -4.00. The number of fused-ring (bicyclic) bond motifs is 1. The van der Waals surface area contributed by atoms with E-state index in [1.54, 1.807) is 16.8 Å². The van der Waals surface area contributed by atoms with E-state index < -0.39 is 36.6 Å². The van der Waals surface area contributed by atoms with Gasteiger partial charge >= 0.3 is 6.09 Å². The number of ether oxygens (including phenoxy) is 2. The van der Waals surface area contributed by atoms with Gasteiger partial charge in [-0.3, -0.25) is 14.2 Å². The van der Waals surface area contributed by atoms with Crippen molar-refractivity contribution in [3.8, 4) is 11.8 Å². The third kappa shape index (κ3) is 5.69. The van der Waals surface area contributed by atoms with Gasteiger partial charge < -0.3 is 40.5 Å². The number of hydrogen-bond donors (Lipinski definition) is 4. The summed E-state index contributed by atoms with van der Waals surface area (Å²) in [6.07, 6.45) is -0.510. The molecule has 5 N–H and O–H groups in total. The molecule has 1 saturated carbocycles. The maximum absolute atomic E-state index is 12.5. The molecule has 42 heavy (non-hydrogen) atoms. The molecule has 15 heteroatoms. The van der Waals surface area contributed by atoms with Gasteiger partial charge in [0.1, 0.15) is 23.8 Å². The van der Waals surface area contributed by atoms with Gasteiger partial charge in [-0.25, -0.2) is 19.7 Å². The van der Waals surface area contributed by atoms with Crippen LogP contribution in [0.5, 0.6) is 0 Å². The number of likely N-dealkylation sites (N-methyl/N-ethyl adjacent to an activating group) is 1. The molecular formula is C27H34N8O7. The second-order valence-corrected chi connectivity index (χ2v) is 11.4. The van der Waals surface area contributed by atoms with Gasteiger partial charge in [-0.05, 0) is 37.5 Å². The SMILES string of the molecule is CN1CC(OC(=O)N2CCC(CC#Cc3nc(N)c4ncn(C5OC(C(=O)NC6CC6)C(O)C5O)c4n3)CC2)CC1=O. The van der Waals surface area contributed by atoms with Gasteiger partial charge in [0, 0.05) is 32.6 Å².